The second kappa shape index (κ2) is 11.0. The summed E-state index contributed by atoms with van der Waals surface area (Å²) in [6, 6.07) is 18.3. The normalized spacial score (nSPS) is 11.0. The first-order chi connectivity index (χ1) is 13.7. The van der Waals surface area contributed by atoms with Crippen molar-refractivity contribution >= 4 is 47.0 Å². The minimum atomic E-state index is -0.167. The lowest BCUT2D eigenvalue weighted by molar-refractivity contribution is -0.118. The lowest BCUT2D eigenvalue weighted by Crippen LogP contribution is -2.19. The van der Waals surface area contributed by atoms with Gasteiger partial charge < -0.3 is 0 Å². The van der Waals surface area contributed by atoms with Gasteiger partial charge in [-0.15, -0.1) is 10.2 Å². The molecule has 1 N–H and O–H groups in total. The number of carbonyl (C=O) groups excluding carboxylic acids is 1. The van der Waals surface area contributed by atoms with Gasteiger partial charge in [0.25, 0.3) is 5.91 Å². The third-order valence-electron chi connectivity index (χ3n) is 3.71. The van der Waals surface area contributed by atoms with E-state index < -0.39 is 0 Å². The standard InChI is InChI=1S/C20H20N4OS3/c1-2-15-8-10-16(11-9-15)12-21-22-18(25)14-27-20-24-23-19(28-20)26-13-17-6-4-3-5-7-17/h3-12H,2,13-14H2,1H3,(H,22,25)/b21-12+. The van der Waals surface area contributed by atoms with Crippen molar-refractivity contribution in [1.29, 1.82) is 0 Å². The number of aromatic nitrogens is 2. The predicted molar refractivity (Wildman–Crippen MR) is 118 cm³/mol. The van der Waals surface area contributed by atoms with Crippen molar-refractivity contribution in [1.82, 2.24) is 15.6 Å². The molecule has 0 saturated carbocycles. The molecule has 0 fully saturated rings. The number of hydrazone groups is 1. The van der Waals surface area contributed by atoms with Crippen LogP contribution in [0.4, 0.5) is 0 Å². The molecule has 0 aliphatic carbocycles. The molecular weight excluding hydrogens is 408 g/mol. The Bertz CT molecular complexity index is 911. The molecule has 0 aliphatic heterocycles. The molecule has 0 atom stereocenters. The van der Waals surface area contributed by atoms with Gasteiger partial charge in [0.15, 0.2) is 8.68 Å². The highest BCUT2D eigenvalue weighted by Gasteiger charge is 2.08. The number of carbonyl (C=O) groups is 1. The number of benzene rings is 2. The molecule has 0 saturated heterocycles. The number of rotatable bonds is 9. The topological polar surface area (TPSA) is 67.2 Å². The van der Waals surface area contributed by atoms with Crippen LogP contribution in [0, 0.1) is 0 Å². The summed E-state index contributed by atoms with van der Waals surface area (Å²) < 4.78 is 1.69. The average molecular weight is 429 g/mol. The zero-order chi connectivity index (χ0) is 19.6. The smallest absolute Gasteiger partial charge is 0.250 e. The maximum atomic E-state index is 11.9. The van der Waals surface area contributed by atoms with Crippen LogP contribution in [0.3, 0.4) is 0 Å². The molecule has 2 aromatic carbocycles. The highest BCUT2D eigenvalue weighted by atomic mass is 32.2. The molecule has 0 spiro atoms. The van der Waals surface area contributed by atoms with Crippen molar-refractivity contribution in [2.24, 2.45) is 5.10 Å². The Morgan fingerprint density at radius 1 is 1.04 bits per heavy atom. The van der Waals surface area contributed by atoms with Gasteiger partial charge in [0.05, 0.1) is 12.0 Å². The fourth-order valence-electron chi connectivity index (χ4n) is 2.21. The summed E-state index contributed by atoms with van der Waals surface area (Å²) in [4.78, 5) is 11.9. The van der Waals surface area contributed by atoms with Gasteiger partial charge in [0.2, 0.25) is 0 Å². The van der Waals surface area contributed by atoms with E-state index in [9.17, 15) is 4.79 Å². The van der Waals surface area contributed by atoms with Gasteiger partial charge in [-0.1, -0.05) is 96.4 Å². The summed E-state index contributed by atoms with van der Waals surface area (Å²) in [5.74, 6) is 0.943. The fraction of sp³-hybridized carbons (Fsp3) is 0.200. The first-order valence-electron chi connectivity index (χ1n) is 8.77. The van der Waals surface area contributed by atoms with E-state index in [0.29, 0.717) is 0 Å². The summed E-state index contributed by atoms with van der Waals surface area (Å²) in [7, 11) is 0. The van der Waals surface area contributed by atoms with E-state index in [0.717, 1.165) is 26.4 Å². The predicted octanol–water partition coefficient (Wildman–Crippen LogP) is 4.64. The van der Waals surface area contributed by atoms with Gasteiger partial charge in [-0.3, -0.25) is 4.79 Å². The Kier molecular flexibility index (Phi) is 8.07. The molecular formula is C20H20N4OS3. The third-order valence-corrected chi connectivity index (χ3v) is 6.97. The lowest BCUT2D eigenvalue weighted by atomic mass is 10.1. The molecule has 0 unspecified atom stereocenters. The SMILES string of the molecule is CCc1ccc(/C=N/NC(=O)CSc2nnc(SCc3ccccc3)s2)cc1. The number of hydrogen-bond acceptors (Lipinski definition) is 7. The third kappa shape index (κ3) is 6.78. The molecule has 0 aliphatic rings. The summed E-state index contributed by atoms with van der Waals surface area (Å²) in [6.45, 7) is 2.11. The fourth-order valence-corrected chi connectivity index (χ4v) is 4.98. The maximum absolute atomic E-state index is 11.9. The maximum Gasteiger partial charge on any atom is 0.250 e. The van der Waals surface area contributed by atoms with Gasteiger partial charge in [0, 0.05) is 5.75 Å². The van der Waals surface area contributed by atoms with E-state index in [1.807, 2.05) is 30.3 Å². The molecule has 1 amide bonds. The van der Waals surface area contributed by atoms with Crippen LogP contribution in [0.5, 0.6) is 0 Å². The van der Waals surface area contributed by atoms with Crippen LogP contribution in [-0.2, 0) is 17.0 Å². The molecule has 3 rings (SSSR count). The van der Waals surface area contributed by atoms with E-state index in [2.05, 4.69) is 51.9 Å². The van der Waals surface area contributed by atoms with Crippen molar-refractivity contribution in [3.05, 3.63) is 71.3 Å². The molecule has 28 heavy (non-hydrogen) atoms. The van der Waals surface area contributed by atoms with Crippen molar-refractivity contribution in [3.63, 3.8) is 0 Å². The second-order valence-corrected chi connectivity index (χ2v) is 9.21. The van der Waals surface area contributed by atoms with Crippen LogP contribution in [-0.4, -0.2) is 28.1 Å². The van der Waals surface area contributed by atoms with Crippen LogP contribution in [0.25, 0.3) is 0 Å². The quantitative estimate of drug-likeness (QED) is 0.306. The molecule has 1 aromatic heterocycles. The number of amides is 1. The highest BCUT2D eigenvalue weighted by Crippen LogP contribution is 2.30. The van der Waals surface area contributed by atoms with Crippen LogP contribution in [0.2, 0.25) is 0 Å². The zero-order valence-corrected chi connectivity index (χ0v) is 17.8. The Hall–Kier alpha value is -2.16. The van der Waals surface area contributed by atoms with E-state index in [1.54, 1.807) is 18.0 Å². The Labute approximate surface area is 177 Å². The molecule has 0 bridgehead atoms. The average Bonchev–Trinajstić information content (AvgIpc) is 3.20. The summed E-state index contributed by atoms with van der Waals surface area (Å²) in [5.41, 5.74) is 6.02. The summed E-state index contributed by atoms with van der Waals surface area (Å²) in [5, 5.41) is 12.3. The van der Waals surface area contributed by atoms with Gasteiger partial charge in [-0.2, -0.15) is 5.10 Å². The van der Waals surface area contributed by atoms with Crippen molar-refractivity contribution < 1.29 is 4.79 Å². The minimum absolute atomic E-state index is 0.167. The lowest BCUT2D eigenvalue weighted by Gasteiger charge is -1.99. The minimum Gasteiger partial charge on any atom is -0.272 e. The van der Waals surface area contributed by atoms with Crippen molar-refractivity contribution in [2.45, 2.75) is 27.8 Å². The van der Waals surface area contributed by atoms with Gasteiger partial charge in [0.1, 0.15) is 0 Å². The number of nitrogens with zero attached hydrogens (tertiary/aromatic N) is 3. The van der Waals surface area contributed by atoms with Crippen LogP contribution >= 0.6 is 34.9 Å². The van der Waals surface area contributed by atoms with E-state index in [-0.39, 0.29) is 11.7 Å². The van der Waals surface area contributed by atoms with Crippen LogP contribution in [0.15, 0.2) is 68.4 Å². The van der Waals surface area contributed by atoms with E-state index in [4.69, 9.17) is 0 Å². The Morgan fingerprint density at radius 3 is 2.46 bits per heavy atom. The van der Waals surface area contributed by atoms with Crippen LogP contribution in [0.1, 0.15) is 23.6 Å². The first-order valence-corrected chi connectivity index (χ1v) is 11.6. The number of nitrogens with one attached hydrogen (secondary N) is 1. The molecule has 5 nitrogen and oxygen atoms in total. The molecule has 8 heteroatoms. The number of thioether (sulfide) groups is 2. The zero-order valence-electron chi connectivity index (χ0n) is 15.4. The molecule has 144 valence electrons. The monoisotopic (exact) mass is 428 g/mol. The Balaban J connectivity index is 1.39. The van der Waals surface area contributed by atoms with Gasteiger partial charge in [-0.25, -0.2) is 5.43 Å². The molecule has 0 radical (unpaired) electrons. The van der Waals surface area contributed by atoms with Gasteiger partial charge in [-0.05, 0) is 23.1 Å². The highest BCUT2D eigenvalue weighted by molar-refractivity contribution is 8.03. The largest absolute Gasteiger partial charge is 0.272 e. The Morgan fingerprint density at radius 2 is 1.75 bits per heavy atom. The molecule has 3 aromatic rings. The van der Waals surface area contributed by atoms with Crippen molar-refractivity contribution in [3.8, 4) is 0 Å². The second-order valence-electron chi connectivity index (χ2n) is 5.79. The van der Waals surface area contributed by atoms with Gasteiger partial charge >= 0.3 is 0 Å². The number of hydrogen-bond donors (Lipinski definition) is 1. The van der Waals surface area contributed by atoms with Crippen molar-refractivity contribution in [2.75, 3.05) is 5.75 Å². The summed E-state index contributed by atoms with van der Waals surface area (Å²) >= 11 is 4.52. The van der Waals surface area contributed by atoms with E-state index in [1.165, 1.54) is 34.2 Å². The molecule has 1 heterocycles. The first kappa shape index (κ1) is 20.6. The number of aryl methyl sites for hydroxylation is 1. The summed E-state index contributed by atoms with van der Waals surface area (Å²) in [6.07, 6.45) is 2.65. The van der Waals surface area contributed by atoms with E-state index >= 15 is 0 Å². The van der Waals surface area contributed by atoms with Crippen LogP contribution < -0.4 is 5.43 Å².